The van der Waals surface area contributed by atoms with E-state index in [1.165, 1.54) is 334 Å². The number of rotatable bonds is 63. The van der Waals surface area contributed by atoms with E-state index in [4.69, 9.17) is 9.47 Å². The van der Waals surface area contributed by atoms with Crippen molar-refractivity contribution in [3.8, 4) is 0 Å². The molecule has 1 N–H and O–H groups in total. The molecule has 0 spiro atoms. The minimum Gasteiger partial charge on any atom is -0.462 e. The van der Waals surface area contributed by atoms with Crippen LogP contribution in [0.3, 0.4) is 0 Å². The fourth-order valence-corrected chi connectivity index (χ4v) is 10.7. The summed E-state index contributed by atoms with van der Waals surface area (Å²) in [5.41, 5.74) is 0. The molecular weight excluding hydrogens is 873 g/mol. The van der Waals surface area contributed by atoms with Crippen molar-refractivity contribution < 1.29 is 24.2 Å². The van der Waals surface area contributed by atoms with E-state index in [-0.39, 0.29) is 25.2 Å². The maximum atomic E-state index is 12.3. The van der Waals surface area contributed by atoms with Gasteiger partial charge in [0.2, 0.25) is 0 Å². The number of aliphatic hydroxyl groups excluding tert-OH is 1. The van der Waals surface area contributed by atoms with Crippen molar-refractivity contribution >= 4 is 11.9 Å². The lowest BCUT2D eigenvalue weighted by Crippen LogP contribution is -2.28. The van der Waals surface area contributed by atoms with E-state index in [9.17, 15) is 14.7 Å². The Labute approximate surface area is 446 Å². The maximum absolute atomic E-state index is 12.3. The minimum atomic E-state index is -0.765. The van der Waals surface area contributed by atoms with E-state index in [0.717, 1.165) is 32.1 Å². The number of hydrogen-bond acceptors (Lipinski definition) is 5. The third-order valence-electron chi connectivity index (χ3n) is 15.7. The van der Waals surface area contributed by atoms with Gasteiger partial charge in [0.05, 0.1) is 6.61 Å². The summed E-state index contributed by atoms with van der Waals surface area (Å²) in [6.45, 7) is 4.22. The molecule has 5 heteroatoms. The van der Waals surface area contributed by atoms with E-state index in [2.05, 4.69) is 13.8 Å². The molecule has 0 saturated carbocycles. The first-order chi connectivity index (χ1) is 35.1. The zero-order valence-corrected chi connectivity index (χ0v) is 48.8. The van der Waals surface area contributed by atoms with Crippen LogP contribution in [-0.4, -0.2) is 36.4 Å². The Morgan fingerprint density at radius 3 is 0.620 bits per heavy atom. The minimum absolute atomic E-state index is 0.0556. The van der Waals surface area contributed by atoms with E-state index >= 15 is 0 Å². The SMILES string of the molecule is CCCCCCCCCCCCCCCCCCCCCCCCCCCCCCCCCCCCCCCC(=O)OC(CO)COC(=O)CCCCCCCCCCCCCCCCCCCCCC. The maximum Gasteiger partial charge on any atom is 0.306 e. The molecule has 1 unspecified atom stereocenters. The molecule has 5 nitrogen and oxygen atoms in total. The topological polar surface area (TPSA) is 72.8 Å². The highest BCUT2D eigenvalue weighted by atomic mass is 16.6. The summed E-state index contributed by atoms with van der Waals surface area (Å²) < 4.78 is 10.7. The van der Waals surface area contributed by atoms with Crippen LogP contribution in [0.5, 0.6) is 0 Å². The molecule has 0 aliphatic heterocycles. The number of aliphatic hydroxyl groups is 1. The highest BCUT2D eigenvalue weighted by Gasteiger charge is 2.16. The van der Waals surface area contributed by atoms with Crippen LogP contribution in [0.25, 0.3) is 0 Å². The van der Waals surface area contributed by atoms with E-state index in [1.54, 1.807) is 0 Å². The molecular formula is C66H130O5. The Morgan fingerprint density at radius 1 is 0.268 bits per heavy atom. The van der Waals surface area contributed by atoms with Gasteiger partial charge in [-0.25, -0.2) is 0 Å². The van der Waals surface area contributed by atoms with Crippen LogP contribution in [0.4, 0.5) is 0 Å². The Kier molecular flexibility index (Phi) is 62.2. The number of carbonyl (C=O) groups is 2. The molecule has 0 aromatic carbocycles. The van der Waals surface area contributed by atoms with Crippen molar-refractivity contribution in [1.82, 2.24) is 0 Å². The highest BCUT2D eigenvalue weighted by Crippen LogP contribution is 2.19. The van der Waals surface area contributed by atoms with Gasteiger partial charge in [0, 0.05) is 12.8 Å². The average molecular weight is 1000 g/mol. The van der Waals surface area contributed by atoms with Crippen LogP contribution >= 0.6 is 0 Å². The van der Waals surface area contributed by atoms with Gasteiger partial charge in [-0.05, 0) is 12.8 Å². The summed E-state index contributed by atoms with van der Waals surface area (Å²) in [6, 6.07) is 0. The molecule has 71 heavy (non-hydrogen) atoms. The van der Waals surface area contributed by atoms with Crippen molar-refractivity contribution in [2.24, 2.45) is 0 Å². The Bertz CT molecular complexity index is 999. The van der Waals surface area contributed by atoms with Crippen molar-refractivity contribution in [2.75, 3.05) is 13.2 Å². The van der Waals surface area contributed by atoms with Crippen molar-refractivity contribution in [1.29, 1.82) is 0 Å². The summed E-state index contributed by atoms with van der Waals surface area (Å²) >= 11 is 0. The molecule has 0 rings (SSSR count). The smallest absolute Gasteiger partial charge is 0.306 e. The van der Waals surface area contributed by atoms with Gasteiger partial charge in [0.15, 0.2) is 6.10 Å². The van der Waals surface area contributed by atoms with Crippen LogP contribution in [-0.2, 0) is 19.1 Å². The third kappa shape index (κ3) is 61.3. The number of hydrogen-bond donors (Lipinski definition) is 1. The molecule has 424 valence electrons. The second-order valence-corrected chi connectivity index (χ2v) is 22.9. The number of esters is 2. The molecule has 0 amide bonds. The van der Waals surface area contributed by atoms with Gasteiger partial charge in [-0.3, -0.25) is 9.59 Å². The van der Waals surface area contributed by atoms with Crippen molar-refractivity contribution in [2.45, 2.75) is 399 Å². The monoisotopic (exact) mass is 1000 g/mol. The normalized spacial score (nSPS) is 12.0. The van der Waals surface area contributed by atoms with Gasteiger partial charge in [0.25, 0.3) is 0 Å². The standard InChI is InChI=1S/C66H130O5/c1-3-5-7-9-11-13-15-17-19-21-23-25-26-27-28-29-30-31-32-33-34-35-36-37-38-39-40-41-43-45-47-49-51-53-55-57-59-61-66(69)71-64(62-67)63-70-65(68)60-58-56-54-52-50-48-46-44-42-24-22-20-18-16-14-12-10-8-6-4-2/h64,67H,3-63H2,1-2H3. The summed E-state index contributed by atoms with van der Waals surface area (Å²) in [6.07, 6.45) is 78.5. The van der Waals surface area contributed by atoms with Gasteiger partial charge >= 0.3 is 11.9 Å². The zero-order chi connectivity index (χ0) is 51.3. The average Bonchev–Trinajstić information content (AvgIpc) is 3.37. The molecule has 0 fully saturated rings. The quantitative estimate of drug-likeness (QED) is 0.0485. The number of unbranched alkanes of at least 4 members (excludes halogenated alkanes) is 55. The van der Waals surface area contributed by atoms with Gasteiger partial charge in [0.1, 0.15) is 6.61 Å². The first-order valence-corrected chi connectivity index (χ1v) is 33.1. The van der Waals surface area contributed by atoms with Crippen molar-refractivity contribution in [3.63, 3.8) is 0 Å². The van der Waals surface area contributed by atoms with Crippen molar-refractivity contribution in [3.05, 3.63) is 0 Å². The third-order valence-corrected chi connectivity index (χ3v) is 15.7. The molecule has 0 aliphatic carbocycles. The summed E-state index contributed by atoms with van der Waals surface area (Å²) in [5, 5.41) is 9.67. The highest BCUT2D eigenvalue weighted by molar-refractivity contribution is 5.70. The lowest BCUT2D eigenvalue weighted by molar-refractivity contribution is -0.161. The Balaban J connectivity index is 3.34. The zero-order valence-electron chi connectivity index (χ0n) is 48.8. The Hall–Kier alpha value is -1.10. The first-order valence-electron chi connectivity index (χ1n) is 33.1. The molecule has 0 heterocycles. The van der Waals surface area contributed by atoms with Gasteiger partial charge in [-0.15, -0.1) is 0 Å². The molecule has 0 aromatic heterocycles. The summed E-state index contributed by atoms with van der Waals surface area (Å²) in [7, 11) is 0. The van der Waals surface area contributed by atoms with Gasteiger partial charge in [-0.2, -0.15) is 0 Å². The number of carbonyl (C=O) groups excluding carboxylic acids is 2. The first kappa shape index (κ1) is 69.9. The molecule has 0 saturated heterocycles. The van der Waals surface area contributed by atoms with E-state index < -0.39 is 6.10 Å². The van der Waals surface area contributed by atoms with E-state index in [1.807, 2.05) is 0 Å². The van der Waals surface area contributed by atoms with Gasteiger partial charge in [-0.1, -0.05) is 367 Å². The lowest BCUT2D eigenvalue weighted by Gasteiger charge is -2.15. The molecule has 1 atom stereocenters. The molecule has 0 aliphatic rings. The summed E-state index contributed by atoms with van der Waals surface area (Å²) in [4.78, 5) is 24.6. The van der Waals surface area contributed by atoms with Crippen LogP contribution in [0, 0.1) is 0 Å². The fraction of sp³-hybridized carbons (Fsp3) is 0.970. The second kappa shape index (κ2) is 63.2. The second-order valence-electron chi connectivity index (χ2n) is 22.9. The Morgan fingerprint density at radius 2 is 0.437 bits per heavy atom. The molecule has 0 radical (unpaired) electrons. The largest absolute Gasteiger partial charge is 0.462 e. The van der Waals surface area contributed by atoms with Crippen LogP contribution in [0.15, 0.2) is 0 Å². The molecule has 0 aromatic rings. The fourth-order valence-electron chi connectivity index (χ4n) is 10.7. The van der Waals surface area contributed by atoms with E-state index in [0.29, 0.717) is 12.8 Å². The predicted octanol–water partition coefficient (Wildman–Crippen LogP) is 22.5. The van der Waals surface area contributed by atoms with Gasteiger partial charge < -0.3 is 14.6 Å². The van der Waals surface area contributed by atoms with Crippen LogP contribution in [0.2, 0.25) is 0 Å². The number of ether oxygens (including phenoxy) is 2. The predicted molar refractivity (Wildman–Crippen MR) is 312 cm³/mol. The van der Waals surface area contributed by atoms with Crippen LogP contribution in [0.1, 0.15) is 393 Å². The lowest BCUT2D eigenvalue weighted by atomic mass is 10.0. The molecule has 0 bridgehead atoms. The summed E-state index contributed by atoms with van der Waals surface area (Å²) in [5.74, 6) is -0.561. The van der Waals surface area contributed by atoms with Crippen LogP contribution < -0.4 is 0 Å².